The molecule has 5 nitrogen and oxygen atoms in total. The zero-order chi connectivity index (χ0) is 17.5. The first kappa shape index (κ1) is 17.1. The van der Waals surface area contributed by atoms with Gasteiger partial charge in [-0.25, -0.2) is 9.18 Å². The molecule has 1 saturated heterocycles. The highest BCUT2D eigenvalue weighted by Crippen LogP contribution is 2.16. The third-order valence-corrected chi connectivity index (χ3v) is 4.15. The standard InChI is InChI=1S/C19H22FN3O2/c20-16-6-8-17(9-7-16)22-11-13-23(14-12-22)19(24)21-10-15-25-18-4-2-1-3-5-18/h1-9H,10-15H2,(H,21,24). The Balaban J connectivity index is 1.37. The zero-order valence-corrected chi connectivity index (χ0v) is 14.0. The number of para-hydroxylation sites is 1. The molecule has 0 aromatic heterocycles. The summed E-state index contributed by atoms with van der Waals surface area (Å²) < 4.78 is 18.5. The molecular formula is C19H22FN3O2. The molecule has 3 rings (SSSR count). The summed E-state index contributed by atoms with van der Waals surface area (Å²) in [4.78, 5) is 16.1. The number of rotatable bonds is 5. The lowest BCUT2D eigenvalue weighted by molar-refractivity contribution is 0.191. The minimum absolute atomic E-state index is 0.0737. The predicted molar refractivity (Wildman–Crippen MR) is 95.5 cm³/mol. The lowest BCUT2D eigenvalue weighted by Gasteiger charge is -2.36. The molecule has 2 amide bonds. The normalized spacial score (nSPS) is 14.3. The van der Waals surface area contributed by atoms with Crippen molar-refractivity contribution in [2.75, 3.05) is 44.2 Å². The van der Waals surface area contributed by atoms with Gasteiger partial charge in [0.2, 0.25) is 0 Å². The molecule has 1 N–H and O–H groups in total. The highest BCUT2D eigenvalue weighted by molar-refractivity contribution is 5.74. The van der Waals surface area contributed by atoms with Gasteiger partial charge in [-0.2, -0.15) is 0 Å². The average molecular weight is 343 g/mol. The second-order valence-corrected chi connectivity index (χ2v) is 5.84. The molecular weight excluding hydrogens is 321 g/mol. The van der Waals surface area contributed by atoms with Crippen LogP contribution in [0.25, 0.3) is 0 Å². The van der Waals surface area contributed by atoms with Gasteiger partial charge in [0.05, 0.1) is 6.54 Å². The first-order chi connectivity index (χ1) is 12.2. The average Bonchev–Trinajstić information content (AvgIpc) is 2.67. The Kier molecular flexibility index (Phi) is 5.72. The monoisotopic (exact) mass is 343 g/mol. The fraction of sp³-hybridized carbons (Fsp3) is 0.316. The maximum absolute atomic E-state index is 13.0. The smallest absolute Gasteiger partial charge is 0.317 e. The van der Waals surface area contributed by atoms with Crippen molar-refractivity contribution in [3.63, 3.8) is 0 Å². The molecule has 6 heteroatoms. The molecule has 1 fully saturated rings. The highest BCUT2D eigenvalue weighted by Gasteiger charge is 2.20. The molecule has 0 aliphatic carbocycles. The van der Waals surface area contributed by atoms with Crippen LogP contribution in [0, 0.1) is 5.82 Å². The number of hydrogen-bond donors (Lipinski definition) is 1. The number of carbonyl (C=O) groups excluding carboxylic acids is 1. The summed E-state index contributed by atoms with van der Waals surface area (Å²) in [7, 11) is 0. The van der Waals surface area contributed by atoms with Crippen LogP contribution in [0.5, 0.6) is 5.75 Å². The van der Waals surface area contributed by atoms with Gasteiger partial charge in [-0.05, 0) is 36.4 Å². The molecule has 1 aliphatic heterocycles. The topological polar surface area (TPSA) is 44.8 Å². The fourth-order valence-corrected chi connectivity index (χ4v) is 2.78. The minimum Gasteiger partial charge on any atom is -0.492 e. The minimum atomic E-state index is -0.237. The summed E-state index contributed by atoms with van der Waals surface area (Å²) >= 11 is 0. The lowest BCUT2D eigenvalue weighted by Crippen LogP contribution is -2.52. The van der Waals surface area contributed by atoms with Crippen molar-refractivity contribution in [1.29, 1.82) is 0 Å². The molecule has 0 atom stereocenters. The van der Waals surface area contributed by atoms with Crippen molar-refractivity contribution < 1.29 is 13.9 Å². The number of hydrogen-bond acceptors (Lipinski definition) is 3. The van der Waals surface area contributed by atoms with Crippen LogP contribution >= 0.6 is 0 Å². The molecule has 0 unspecified atom stereocenters. The van der Waals surface area contributed by atoms with Gasteiger partial charge in [0.1, 0.15) is 18.2 Å². The number of nitrogens with zero attached hydrogens (tertiary/aromatic N) is 2. The highest BCUT2D eigenvalue weighted by atomic mass is 19.1. The van der Waals surface area contributed by atoms with Gasteiger partial charge in [-0.1, -0.05) is 18.2 Å². The third-order valence-electron chi connectivity index (χ3n) is 4.15. The summed E-state index contributed by atoms with van der Waals surface area (Å²) in [6.45, 7) is 3.65. The van der Waals surface area contributed by atoms with Gasteiger partial charge in [0.25, 0.3) is 0 Å². The van der Waals surface area contributed by atoms with Crippen molar-refractivity contribution in [2.24, 2.45) is 0 Å². The van der Waals surface area contributed by atoms with Gasteiger partial charge in [0.15, 0.2) is 0 Å². The number of benzene rings is 2. The number of ether oxygens (including phenoxy) is 1. The lowest BCUT2D eigenvalue weighted by atomic mass is 10.2. The first-order valence-corrected chi connectivity index (χ1v) is 8.43. The second-order valence-electron chi connectivity index (χ2n) is 5.84. The van der Waals surface area contributed by atoms with Crippen LogP contribution < -0.4 is 15.0 Å². The number of carbonyl (C=O) groups is 1. The number of amides is 2. The van der Waals surface area contributed by atoms with Crippen LogP contribution in [0.15, 0.2) is 54.6 Å². The summed E-state index contributed by atoms with van der Waals surface area (Å²) in [6.07, 6.45) is 0. The van der Waals surface area contributed by atoms with Gasteiger partial charge in [0, 0.05) is 31.9 Å². The fourth-order valence-electron chi connectivity index (χ4n) is 2.78. The van der Waals surface area contributed by atoms with E-state index in [1.165, 1.54) is 12.1 Å². The van der Waals surface area contributed by atoms with Gasteiger partial charge in [-0.3, -0.25) is 0 Å². The van der Waals surface area contributed by atoms with Crippen LogP contribution in [-0.2, 0) is 0 Å². The van der Waals surface area contributed by atoms with Crippen LogP contribution in [0.2, 0.25) is 0 Å². The number of halogens is 1. The summed E-state index contributed by atoms with van der Waals surface area (Å²) in [6, 6.07) is 15.9. The number of piperazine rings is 1. The number of anilines is 1. The number of nitrogens with one attached hydrogen (secondary N) is 1. The first-order valence-electron chi connectivity index (χ1n) is 8.43. The third kappa shape index (κ3) is 4.86. The van der Waals surface area contributed by atoms with Gasteiger partial charge in [-0.15, -0.1) is 0 Å². The largest absolute Gasteiger partial charge is 0.492 e. The van der Waals surface area contributed by atoms with E-state index in [0.717, 1.165) is 24.5 Å². The molecule has 0 spiro atoms. The second kappa shape index (κ2) is 8.37. The quantitative estimate of drug-likeness (QED) is 0.849. The van der Waals surface area contributed by atoms with Crippen molar-refractivity contribution in [3.05, 3.63) is 60.4 Å². The molecule has 1 heterocycles. The SMILES string of the molecule is O=C(NCCOc1ccccc1)N1CCN(c2ccc(F)cc2)CC1. The zero-order valence-electron chi connectivity index (χ0n) is 14.0. The van der Waals surface area contributed by atoms with E-state index in [-0.39, 0.29) is 11.8 Å². The summed E-state index contributed by atoms with van der Waals surface area (Å²) in [5.41, 5.74) is 0.984. The number of urea groups is 1. The van der Waals surface area contributed by atoms with E-state index >= 15 is 0 Å². The van der Waals surface area contributed by atoms with E-state index in [1.54, 1.807) is 17.0 Å². The molecule has 132 valence electrons. The Labute approximate surface area is 147 Å². The van der Waals surface area contributed by atoms with E-state index in [9.17, 15) is 9.18 Å². The summed E-state index contributed by atoms with van der Waals surface area (Å²) in [5.74, 6) is 0.559. The van der Waals surface area contributed by atoms with Crippen molar-refractivity contribution in [3.8, 4) is 5.75 Å². The Bertz CT molecular complexity index is 671. The molecule has 0 bridgehead atoms. The molecule has 25 heavy (non-hydrogen) atoms. The van der Waals surface area contributed by atoms with E-state index in [4.69, 9.17) is 4.74 Å². The maximum atomic E-state index is 13.0. The van der Waals surface area contributed by atoms with Crippen molar-refractivity contribution in [2.45, 2.75) is 0 Å². The molecule has 1 aliphatic rings. The summed E-state index contributed by atoms with van der Waals surface area (Å²) in [5, 5.41) is 2.88. The molecule has 0 radical (unpaired) electrons. The molecule has 2 aromatic carbocycles. The molecule has 2 aromatic rings. The predicted octanol–water partition coefficient (Wildman–Crippen LogP) is 2.74. The Morgan fingerprint density at radius 2 is 1.68 bits per heavy atom. The van der Waals surface area contributed by atoms with Gasteiger partial charge >= 0.3 is 6.03 Å². The van der Waals surface area contributed by atoms with Crippen molar-refractivity contribution in [1.82, 2.24) is 10.2 Å². The van der Waals surface area contributed by atoms with E-state index in [2.05, 4.69) is 10.2 Å². The van der Waals surface area contributed by atoms with Gasteiger partial charge < -0.3 is 19.9 Å². The van der Waals surface area contributed by atoms with Crippen LogP contribution in [0.1, 0.15) is 0 Å². The molecule has 0 saturated carbocycles. The Morgan fingerprint density at radius 3 is 2.36 bits per heavy atom. The maximum Gasteiger partial charge on any atom is 0.317 e. The van der Waals surface area contributed by atoms with E-state index < -0.39 is 0 Å². The Morgan fingerprint density at radius 1 is 1.00 bits per heavy atom. The van der Waals surface area contributed by atoms with Crippen LogP contribution in [-0.4, -0.2) is 50.3 Å². The Hall–Kier alpha value is -2.76. The van der Waals surface area contributed by atoms with Crippen LogP contribution in [0.4, 0.5) is 14.9 Å². The van der Waals surface area contributed by atoms with Crippen molar-refractivity contribution >= 4 is 11.7 Å². The van der Waals surface area contributed by atoms with E-state index in [0.29, 0.717) is 26.2 Å². The van der Waals surface area contributed by atoms with Crippen LogP contribution in [0.3, 0.4) is 0 Å². The van der Waals surface area contributed by atoms with E-state index in [1.807, 2.05) is 30.3 Å².